The number of hydrogen-bond acceptors (Lipinski definition) is 3. The summed E-state index contributed by atoms with van der Waals surface area (Å²) in [4.78, 5) is 23.6. The molecule has 0 heterocycles. The van der Waals surface area contributed by atoms with Crippen molar-refractivity contribution in [3.05, 3.63) is 34.9 Å². The van der Waals surface area contributed by atoms with Crippen molar-refractivity contribution >= 4 is 11.8 Å². The van der Waals surface area contributed by atoms with E-state index in [4.69, 9.17) is 0 Å². The van der Waals surface area contributed by atoms with Gasteiger partial charge in [-0.3, -0.25) is 9.59 Å². The summed E-state index contributed by atoms with van der Waals surface area (Å²) < 4.78 is 114. The maximum atomic E-state index is 13.0. The molecular weight excluding hydrogens is 497 g/mol. The van der Waals surface area contributed by atoms with Crippen LogP contribution in [0.5, 0.6) is 0 Å². The minimum Gasteiger partial charge on any atom is -0.352 e. The molecule has 35 heavy (non-hydrogen) atoms. The first-order chi connectivity index (χ1) is 16.0. The molecule has 2 amide bonds. The Balaban J connectivity index is 1.79. The number of alkyl halides is 9. The fourth-order valence-corrected chi connectivity index (χ4v) is 3.72. The van der Waals surface area contributed by atoms with Crippen LogP contribution in [0.2, 0.25) is 0 Å². The zero-order valence-electron chi connectivity index (χ0n) is 18.3. The lowest BCUT2D eigenvalue weighted by Gasteiger charge is -2.28. The van der Waals surface area contributed by atoms with Gasteiger partial charge in [0.2, 0.25) is 5.91 Å². The van der Waals surface area contributed by atoms with E-state index < -0.39 is 53.6 Å². The maximum absolute atomic E-state index is 13.0. The van der Waals surface area contributed by atoms with Crippen LogP contribution in [-0.2, 0) is 17.1 Å². The van der Waals surface area contributed by atoms with Crippen molar-refractivity contribution in [1.82, 2.24) is 16.0 Å². The van der Waals surface area contributed by atoms with Gasteiger partial charge in [0.15, 0.2) is 0 Å². The van der Waals surface area contributed by atoms with Gasteiger partial charge in [0, 0.05) is 12.1 Å². The molecule has 1 saturated carbocycles. The summed E-state index contributed by atoms with van der Waals surface area (Å²) in [6.07, 6.45) is -12.0. The van der Waals surface area contributed by atoms with Crippen molar-refractivity contribution in [3.63, 3.8) is 0 Å². The molecule has 0 atom stereocenters. The van der Waals surface area contributed by atoms with Crippen molar-refractivity contribution in [2.24, 2.45) is 11.8 Å². The molecule has 0 spiro atoms. The summed E-state index contributed by atoms with van der Waals surface area (Å²) in [6, 6.07) is 0.696. The Labute approximate surface area is 194 Å². The Kier molecular flexibility index (Phi) is 9.42. The molecule has 198 valence electrons. The van der Waals surface area contributed by atoms with E-state index in [9.17, 15) is 49.1 Å². The lowest BCUT2D eigenvalue weighted by Crippen LogP contribution is -2.40. The highest BCUT2D eigenvalue weighted by atomic mass is 19.4. The van der Waals surface area contributed by atoms with Gasteiger partial charge in [0.25, 0.3) is 5.91 Å². The van der Waals surface area contributed by atoms with E-state index in [1.165, 1.54) is 0 Å². The standard InChI is InChI=1S/C21H24F9N3O2/c22-19(23,24)11-33-17(34)10-31-8-12-1-3-13(4-2-12)9-32-18(35)14-5-15(20(25,26)27)7-16(6-14)21(28,29)30/h5-7,12-13,31H,1-4,8-11H2,(H,32,35)(H,33,34)/t12-,13-. The largest absolute Gasteiger partial charge is 0.416 e. The molecule has 1 aliphatic rings. The maximum Gasteiger partial charge on any atom is 0.416 e. The van der Waals surface area contributed by atoms with Gasteiger partial charge in [-0.1, -0.05) is 0 Å². The van der Waals surface area contributed by atoms with Gasteiger partial charge in [0.05, 0.1) is 17.7 Å². The number of carbonyl (C=O) groups is 2. The van der Waals surface area contributed by atoms with Crippen LogP contribution in [-0.4, -0.2) is 44.2 Å². The minimum atomic E-state index is -5.05. The predicted molar refractivity (Wildman–Crippen MR) is 106 cm³/mol. The summed E-state index contributed by atoms with van der Waals surface area (Å²) in [5.41, 5.74) is -3.89. The third kappa shape index (κ3) is 9.94. The second-order valence-corrected chi connectivity index (χ2v) is 8.41. The van der Waals surface area contributed by atoms with E-state index in [0.717, 1.165) is 0 Å². The molecule has 2 rings (SSSR count). The Hall–Kier alpha value is -2.51. The first-order valence-electron chi connectivity index (χ1n) is 10.7. The van der Waals surface area contributed by atoms with Crippen LogP contribution in [0, 0.1) is 11.8 Å². The highest BCUT2D eigenvalue weighted by Gasteiger charge is 2.37. The Morgan fingerprint density at radius 2 is 1.23 bits per heavy atom. The van der Waals surface area contributed by atoms with Gasteiger partial charge in [0.1, 0.15) is 6.54 Å². The molecular formula is C21H24F9N3O2. The van der Waals surface area contributed by atoms with Crippen molar-refractivity contribution < 1.29 is 49.1 Å². The Morgan fingerprint density at radius 3 is 1.69 bits per heavy atom. The van der Waals surface area contributed by atoms with Crippen molar-refractivity contribution in [3.8, 4) is 0 Å². The number of rotatable bonds is 8. The lowest BCUT2D eigenvalue weighted by atomic mass is 9.82. The third-order valence-corrected chi connectivity index (χ3v) is 5.57. The summed E-state index contributed by atoms with van der Waals surface area (Å²) in [7, 11) is 0. The first-order valence-corrected chi connectivity index (χ1v) is 10.7. The Morgan fingerprint density at radius 1 is 0.743 bits per heavy atom. The zero-order chi connectivity index (χ0) is 26.4. The van der Waals surface area contributed by atoms with Crippen LogP contribution in [0.3, 0.4) is 0 Å². The number of nitrogens with one attached hydrogen (secondary N) is 3. The quantitative estimate of drug-likeness (QED) is 0.441. The van der Waals surface area contributed by atoms with Gasteiger partial charge in [-0.2, -0.15) is 39.5 Å². The summed E-state index contributed by atoms with van der Waals surface area (Å²) in [5.74, 6) is -1.74. The van der Waals surface area contributed by atoms with Gasteiger partial charge < -0.3 is 16.0 Å². The van der Waals surface area contributed by atoms with E-state index in [2.05, 4.69) is 10.6 Å². The van der Waals surface area contributed by atoms with E-state index in [-0.39, 0.29) is 31.0 Å². The normalized spacial score (nSPS) is 19.3. The number of halogens is 9. The predicted octanol–water partition coefficient (Wildman–Crippen LogP) is 4.53. The lowest BCUT2D eigenvalue weighted by molar-refractivity contribution is -0.143. The summed E-state index contributed by atoms with van der Waals surface area (Å²) >= 11 is 0. The van der Waals surface area contributed by atoms with E-state index >= 15 is 0 Å². The van der Waals surface area contributed by atoms with E-state index in [1.807, 2.05) is 0 Å². The van der Waals surface area contributed by atoms with Gasteiger partial charge in [-0.25, -0.2) is 0 Å². The second kappa shape index (κ2) is 11.5. The van der Waals surface area contributed by atoms with Crippen molar-refractivity contribution in [1.29, 1.82) is 0 Å². The van der Waals surface area contributed by atoms with E-state index in [1.54, 1.807) is 5.32 Å². The van der Waals surface area contributed by atoms with Gasteiger partial charge in [-0.15, -0.1) is 0 Å². The van der Waals surface area contributed by atoms with Gasteiger partial charge >= 0.3 is 18.5 Å². The van der Waals surface area contributed by atoms with Crippen LogP contribution in [0.25, 0.3) is 0 Å². The molecule has 0 unspecified atom stereocenters. The average Bonchev–Trinajstić information content (AvgIpc) is 2.75. The molecule has 5 nitrogen and oxygen atoms in total. The minimum absolute atomic E-state index is 0.0434. The molecule has 1 aromatic rings. The monoisotopic (exact) mass is 521 g/mol. The molecule has 1 aromatic carbocycles. The molecule has 1 aliphatic carbocycles. The Bertz CT molecular complexity index is 842. The van der Waals surface area contributed by atoms with Crippen LogP contribution in [0.4, 0.5) is 39.5 Å². The van der Waals surface area contributed by atoms with Crippen LogP contribution >= 0.6 is 0 Å². The number of carbonyl (C=O) groups excluding carboxylic acids is 2. The van der Waals surface area contributed by atoms with Crippen LogP contribution < -0.4 is 16.0 Å². The van der Waals surface area contributed by atoms with E-state index in [0.29, 0.717) is 44.4 Å². The van der Waals surface area contributed by atoms with Crippen molar-refractivity contribution in [2.45, 2.75) is 44.2 Å². The highest BCUT2D eigenvalue weighted by molar-refractivity contribution is 5.94. The highest BCUT2D eigenvalue weighted by Crippen LogP contribution is 2.36. The molecule has 14 heteroatoms. The third-order valence-electron chi connectivity index (χ3n) is 5.57. The molecule has 0 aromatic heterocycles. The average molecular weight is 521 g/mol. The van der Waals surface area contributed by atoms with Crippen LogP contribution in [0.15, 0.2) is 18.2 Å². The smallest absolute Gasteiger partial charge is 0.352 e. The summed E-state index contributed by atoms with van der Waals surface area (Å²) in [5, 5.41) is 6.91. The zero-order valence-corrected chi connectivity index (χ0v) is 18.3. The number of amides is 2. The number of benzene rings is 1. The molecule has 0 radical (unpaired) electrons. The van der Waals surface area contributed by atoms with Crippen molar-refractivity contribution in [2.75, 3.05) is 26.2 Å². The molecule has 0 saturated heterocycles. The number of hydrogen-bond donors (Lipinski definition) is 3. The molecule has 3 N–H and O–H groups in total. The fourth-order valence-electron chi connectivity index (χ4n) is 3.72. The molecule has 1 fully saturated rings. The molecule has 0 bridgehead atoms. The van der Waals surface area contributed by atoms with Gasteiger partial charge in [-0.05, 0) is 62.3 Å². The SMILES string of the molecule is O=C(CNC[C@H]1CC[C@H](CNC(=O)c2cc(C(F)(F)F)cc(C(F)(F)F)c2)CC1)NCC(F)(F)F. The van der Waals surface area contributed by atoms with Crippen LogP contribution in [0.1, 0.15) is 47.2 Å². The topological polar surface area (TPSA) is 70.2 Å². The fraction of sp³-hybridized carbons (Fsp3) is 0.619. The molecule has 0 aliphatic heterocycles. The second-order valence-electron chi connectivity index (χ2n) is 8.41. The first kappa shape index (κ1) is 28.7. The summed E-state index contributed by atoms with van der Waals surface area (Å²) in [6.45, 7) is -1.23.